The first-order chi connectivity index (χ1) is 18.0. The van der Waals surface area contributed by atoms with Crippen molar-refractivity contribution in [1.82, 2.24) is 19.2 Å². The van der Waals surface area contributed by atoms with Crippen molar-refractivity contribution >= 4 is 33.2 Å². The van der Waals surface area contributed by atoms with E-state index in [1.165, 1.54) is 4.31 Å². The van der Waals surface area contributed by atoms with Crippen LogP contribution in [0.15, 0.2) is 46.4 Å². The SMILES string of the molecule is CCC(C)=Nc1ccnc(Nc2ccc(S(=O)(=O)N(C)C3CC4CCC(C3)N4CCCC(F)(F)F)cc2)n1. The summed E-state index contributed by atoms with van der Waals surface area (Å²) < 4.78 is 66.0. The van der Waals surface area contributed by atoms with E-state index in [0.29, 0.717) is 36.8 Å². The summed E-state index contributed by atoms with van der Waals surface area (Å²) in [5.41, 5.74) is 1.60. The van der Waals surface area contributed by atoms with E-state index in [0.717, 1.165) is 25.0 Å². The molecule has 0 spiro atoms. The number of sulfonamides is 1. The van der Waals surface area contributed by atoms with Crippen molar-refractivity contribution in [1.29, 1.82) is 0 Å². The zero-order valence-corrected chi connectivity index (χ0v) is 22.8. The van der Waals surface area contributed by atoms with Crippen molar-refractivity contribution in [3.63, 3.8) is 0 Å². The van der Waals surface area contributed by atoms with Crippen LogP contribution in [0.1, 0.15) is 58.8 Å². The maximum atomic E-state index is 13.4. The lowest BCUT2D eigenvalue weighted by atomic mass is 9.97. The van der Waals surface area contributed by atoms with Gasteiger partial charge in [-0.1, -0.05) is 6.92 Å². The molecule has 0 aliphatic carbocycles. The first-order valence-electron chi connectivity index (χ1n) is 13.0. The number of halogens is 3. The quantitative estimate of drug-likeness (QED) is 0.382. The van der Waals surface area contributed by atoms with Gasteiger partial charge in [0.05, 0.1) is 4.90 Å². The van der Waals surface area contributed by atoms with Crippen LogP contribution >= 0.6 is 0 Å². The van der Waals surface area contributed by atoms with Crippen molar-refractivity contribution in [3.8, 4) is 0 Å². The van der Waals surface area contributed by atoms with Gasteiger partial charge in [0.1, 0.15) is 0 Å². The number of hydrogen-bond acceptors (Lipinski definition) is 7. The van der Waals surface area contributed by atoms with Crippen LogP contribution < -0.4 is 5.32 Å². The second-order valence-corrected chi connectivity index (χ2v) is 12.1. The number of rotatable bonds is 10. The van der Waals surface area contributed by atoms with Crippen molar-refractivity contribution < 1.29 is 21.6 Å². The average Bonchev–Trinajstić information content (AvgIpc) is 3.09. The number of benzene rings is 1. The molecular formula is C26H35F3N6O2S. The summed E-state index contributed by atoms with van der Waals surface area (Å²) in [4.78, 5) is 15.4. The van der Waals surface area contributed by atoms with Crippen LogP contribution in [-0.2, 0) is 10.0 Å². The van der Waals surface area contributed by atoms with Gasteiger partial charge in [0, 0.05) is 55.3 Å². The molecular weight excluding hydrogens is 517 g/mol. The molecule has 0 radical (unpaired) electrons. The van der Waals surface area contributed by atoms with Crippen LogP contribution in [-0.4, -0.2) is 71.2 Å². The molecule has 2 aliphatic heterocycles. The van der Waals surface area contributed by atoms with Gasteiger partial charge in [-0.3, -0.25) is 4.90 Å². The molecule has 2 atom stereocenters. The van der Waals surface area contributed by atoms with Crippen molar-refractivity contribution in [2.75, 3.05) is 18.9 Å². The van der Waals surface area contributed by atoms with Crippen LogP contribution in [0.5, 0.6) is 0 Å². The largest absolute Gasteiger partial charge is 0.389 e. The van der Waals surface area contributed by atoms with E-state index in [1.54, 1.807) is 43.6 Å². The normalized spacial score (nSPS) is 22.7. The Balaban J connectivity index is 1.38. The Bertz CT molecular complexity index is 1220. The zero-order valence-electron chi connectivity index (χ0n) is 21.9. The van der Waals surface area contributed by atoms with Gasteiger partial charge >= 0.3 is 6.18 Å². The molecule has 2 fully saturated rings. The molecule has 208 valence electrons. The van der Waals surface area contributed by atoms with E-state index in [4.69, 9.17) is 0 Å². The Hall–Kier alpha value is -2.57. The summed E-state index contributed by atoms with van der Waals surface area (Å²) >= 11 is 0. The standard InChI is InChI=1S/C26H35F3N6O2S/c1-4-18(2)31-24-12-14-30-25(33-24)32-19-6-10-23(11-7-19)38(36,37)34(3)22-16-20-8-9-21(17-22)35(20)15-5-13-26(27,28)29/h6-7,10-12,14,20-22H,4-5,8-9,13,15-17H2,1-3H3,(H,30,32,33). The third kappa shape index (κ3) is 6.89. The van der Waals surface area contributed by atoms with Gasteiger partial charge < -0.3 is 5.32 Å². The second-order valence-electron chi connectivity index (χ2n) is 10.1. The minimum absolute atomic E-state index is 0.0800. The molecule has 2 saturated heterocycles. The molecule has 4 rings (SSSR count). The number of piperidine rings is 1. The van der Waals surface area contributed by atoms with Gasteiger partial charge in [-0.05, 0) is 76.3 Å². The predicted octanol–water partition coefficient (Wildman–Crippen LogP) is 5.68. The van der Waals surface area contributed by atoms with E-state index >= 15 is 0 Å². The molecule has 1 aromatic heterocycles. The molecule has 2 bridgehead atoms. The van der Waals surface area contributed by atoms with Crippen LogP contribution in [0, 0.1) is 0 Å². The minimum Gasteiger partial charge on any atom is -0.324 e. The van der Waals surface area contributed by atoms with Gasteiger partial charge in [-0.15, -0.1) is 0 Å². The Morgan fingerprint density at radius 1 is 1.16 bits per heavy atom. The van der Waals surface area contributed by atoms with E-state index in [9.17, 15) is 21.6 Å². The van der Waals surface area contributed by atoms with E-state index < -0.39 is 22.6 Å². The molecule has 12 heteroatoms. The molecule has 1 aromatic carbocycles. The van der Waals surface area contributed by atoms with E-state index in [2.05, 4.69) is 25.2 Å². The summed E-state index contributed by atoms with van der Waals surface area (Å²) in [6, 6.07) is 8.23. The summed E-state index contributed by atoms with van der Waals surface area (Å²) in [6.45, 7) is 4.35. The fourth-order valence-corrected chi connectivity index (χ4v) is 6.69. The van der Waals surface area contributed by atoms with E-state index in [1.807, 2.05) is 13.8 Å². The first kappa shape index (κ1) is 28.4. The average molecular weight is 553 g/mol. The van der Waals surface area contributed by atoms with Gasteiger partial charge in [0.15, 0.2) is 5.82 Å². The highest BCUT2D eigenvalue weighted by atomic mass is 32.2. The van der Waals surface area contributed by atoms with Gasteiger partial charge in [-0.2, -0.15) is 22.5 Å². The maximum absolute atomic E-state index is 13.4. The summed E-state index contributed by atoms with van der Waals surface area (Å²) in [7, 11) is -2.13. The fraction of sp³-hybridized carbons (Fsp3) is 0.577. The van der Waals surface area contributed by atoms with E-state index in [-0.39, 0.29) is 29.4 Å². The number of alkyl halides is 3. The van der Waals surface area contributed by atoms with Crippen molar-refractivity contribution in [2.45, 2.75) is 88.0 Å². The number of fused-ring (bicyclic) bond motifs is 2. The Kier molecular flexibility index (Phi) is 8.73. The second kappa shape index (κ2) is 11.7. The smallest absolute Gasteiger partial charge is 0.324 e. The van der Waals surface area contributed by atoms with Crippen LogP contribution in [0.2, 0.25) is 0 Å². The molecule has 2 unspecified atom stereocenters. The minimum atomic E-state index is -4.14. The molecule has 1 N–H and O–H groups in total. The lowest BCUT2D eigenvalue weighted by Crippen LogP contribution is -2.51. The van der Waals surface area contributed by atoms with Crippen molar-refractivity contribution in [3.05, 3.63) is 36.5 Å². The number of nitrogens with one attached hydrogen (secondary N) is 1. The maximum Gasteiger partial charge on any atom is 0.389 e. The third-order valence-electron chi connectivity index (χ3n) is 7.50. The van der Waals surface area contributed by atoms with Crippen LogP contribution in [0.3, 0.4) is 0 Å². The van der Waals surface area contributed by atoms with Gasteiger partial charge in [0.2, 0.25) is 16.0 Å². The van der Waals surface area contributed by atoms with Crippen molar-refractivity contribution in [2.24, 2.45) is 4.99 Å². The molecule has 38 heavy (non-hydrogen) atoms. The highest BCUT2D eigenvalue weighted by Crippen LogP contribution is 2.39. The first-order valence-corrected chi connectivity index (χ1v) is 14.4. The fourth-order valence-electron chi connectivity index (χ4n) is 5.32. The summed E-state index contributed by atoms with van der Waals surface area (Å²) in [5.74, 6) is 0.906. The molecule has 2 aromatic rings. The highest BCUT2D eigenvalue weighted by Gasteiger charge is 2.44. The lowest BCUT2D eigenvalue weighted by Gasteiger charge is -2.41. The molecule has 0 amide bonds. The topological polar surface area (TPSA) is 90.8 Å². The van der Waals surface area contributed by atoms with Crippen LogP contribution in [0.25, 0.3) is 0 Å². The number of anilines is 2. The third-order valence-corrected chi connectivity index (χ3v) is 9.42. The monoisotopic (exact) mass is 552 g/mol. The zero-order chi connectivity index (χ0) is 27.5. The van der Waals surface area contributed by atoms with Gasteiger partial charge in [-0.25, -0.2) is 18.4 Å². The Morgan fingerprint density at radius 2 is 1.82 bits per heavy atom. The van der Waals surface area contributed by atoms with Crippen LogP contribution in [0.4, 0.5) is 30.6 Å². The molecule has 0 saturated carbocycles. The molecule has 2 aliphatic rings. The summed E-state index contributed by atoms with van der Waals surface area (Å²) in [6.07, 6.45) is 0.639. The Labute approximate surface area is 222 Å². The number of hydrogen-bond donors (Lipinski definition) is 1. The highest BCUT2D eigenvalue weighted by molar-refractivity contribution is 7.89. The molecule has 8 nitrogen and oxygen atoms in total. The number of aromatic nitrogens is 2. The summed E-state index contributed by atoms with van der Waals surface area (Å²) in [5, 5.41) is 3.08. The number of aliphatic imine (C=N–C) groups is 1. The predicted molar refractivity (Wildman–Crippen MR) is 142 cm³/mol. The number of nitrogens with zero attached hydrogens (tertiary/aromatic N) is 5. The van der Waals surface area contributed by atoms with Gasteiger partial charge in [0.25, 0.3) is 0 Å². The molecule has 3 heterocycles. The lowest BCUT2D eigenvalue weighted by molar-refractivity contribution is -0.136. The Morgan fingerprint density at radius 3 is 2.42 bits per heavy atom.